The molecule has 1 aliphatic rings. The van der Waals surface area contributed by atoms with Gasteiger partial charge in [0, 0.05) is 22.1 Å². The lowest BCUT2D eigenvalue weighted by molar-refractivity contribution is 0.0696. The summed E-state index contributed by atoms with van der Waals surface area (Å²) in [4.78, 5) is 0. The molecule has 0 fully saturated rings. The van der Waals surface area contributed by atoms with Crippen molar-refractivity contribution in [3.05, 3.63) is 57.6 Å². The first-order valence-corrected chi connectivity index (χ1v) is 9.57. The van der Waals surface area contributed by atoms with Crippen LogP contribution < -0.4 is 15.4 Å². The number of hydrogen-bond donors (Lipinski definition) is 2. The van der Waals surface area contributed by atoms with Crippen LogP contribution in [-0.2, 0) is 0 Å². The zero-order chi connectivity index (χ0) is 18.2. The molecule has 0 aliphatic carbocycles. The maximum absolute atomic E-state index is 6.12. The van der Waals surface area contributed by atoms with E-state index in [2.05, 4.69) is 78.5 Å². The average Bonchev–Trinajstić information content (AvgIpc) is 2.51. The number of hydrogen-bond acceptors (Lipinski definition) is 2. The Hall–Kier alpha value is -1.59. The van der Waals surface area contributed by atoms with Gasteiger partial charge in [-0.05, 0) is 69.7 Å². The van der Waals surface area contributed by atoms with Crippen molar-refractivity contribution in [1.82, 2.24) is 5.32 Å². The minimum absolute atomic E-state index is 0.121. The fourth-order valence-electron chi connectivity index (χ4n) is 3.15. The second-order valence-electron chi connectivity index (χ2n) is 7.22. The number of rotatable bonds is 2. The molecule has 0 radical (unpaired) electrons. The highest BCUT2D eigenvalue weighted by molar-refractivity contribution is 9.10. The minimum Gasteiger partial charge on any atom is -0.487 e. The number of fused-ring (bicyclic) bond motifs is 1. The molecule has 2 aromatic rings. The van der Waals surface area contributed by atoms with Crippen LogP contribution in [0.1, 0.15) is 43.0 Å². The SMILES string of the molecule is Cc1ccc2c(c1)[C@H](NC(=S)Nc1ccc(Br)c(C)c1)CC(C)(C)O2. The highest BCUT2D eigenvalue weighted by atomic mass is 79.9. The molecule has 0 unspecified atom stereocenters. The van der Waals surface area contributed by atoms with E-state index in [1.165, 1.54) is 11.1 Å². The Morgan fingerprint density at radius 3 is 2.68 bits per heavy atom. The first-order chi connectivity index (χ1) is 11.7. The van der Waals surface area contributed by atoms with Crippen LogP contribution in [-0.4, -0.2) is 10.7 Å². The highest BCUT2D eigenvalue weighted by Gasteiger charge is 2.34. The molecule has 0 saturated carbocycles. The summed E-state index contributed by atoms with van der Waals surface area (Å²) in [5.74, 6) is 0.932. The van der Waals surface area contributed by atoms with Gasteiger partial charge in [-0.1, -0.05) is 33.6 Å². The molecule has 0 spiro atoms. The molecule has 5 heteroatoms. The van der Waals surface area contributed by atoms with Gasteiger partial charge in [-0.15, -0.1) is 0 Å². The zero-order valence-electron chi connectivity index (χ0n) is 14.9. The molecule has 0 saturated heterocycles. The van der Waals surface area contributed by atoms with Crippen molar-refractivity contribution >= 4 is 38.9 Å². The molecule has 0 bridgehead atoms. The van der Waals surface area contributed by atoms with E-state index in [1.807, 2.05) is 12.1 Å². The minimum atomic E-state index is -0.232. The highest BCUT2D eigenvalue weighted by Crippen LogP contribution is 2.39. The van der Waals surface area contributed by atoms with Crippen LogP contribution in [0.4, 0.5) is 5.69 Å². The Kier molecular flexibility index (Phi) is 5.07. The molecule has 3 nitrogen and oxygen atoms in total. The lowest BCUT2D eigenvalue weighted by Gasteiger charge is -2.38. The van der Waals surface area contributed by atoms with Crippen molar-refractivity contribution in [3.63, 3.8) is 0 Å². The predicted octanol–water partition coefficient (Wildman–Crippen LogP) is 5.65. The quantitative estimate of drug-likeness (QED) is 0.616. The molecule has 0 aromatic heterocycles. The van der Waals surface area contributed by atoms with Gasteiger partial charge in [-0.2, -0.15) is 0 Å². The van der Waals surface area contributed by atoms with E-state index in [0.717, 1.165) is 27.9 Å². The van der Waals surface area contributed by atoms with Gasteiger partial charge in [0.1, 0.15) is 11.4 Å². The van der Waals surface area contributed by atoms with Gasteiger partial charge in [0.25, 0.3) is 0 Å². The predicted molar refractivity (Wildman–Crippen MR) is 111 cm³/mol. The lowest BCUT2D eigenvalue weighted by Crippen LogP contribution is -2.42. The fraction of sp³-hybridized carbons (Fsp3) is 0.350. The van der Waals surface area contributed by atoms with E-state index in [1.54, 1.807) is 0 Å². The first-order valence-electron chi connectivity index (χ1n) is 8.37. The van der Waals surface area contributed by atoms with Crippen molar-refractivity contribution in [2.75, 3.05) is 5.32 Å². The summed E-state index contributed by atoms with van der Waals surface area (Å²) in [6.45, 7) is 8.38. The van der Waals surface area contributed by atoms with Crippen molar-refractivity contribution in [2.45, 2.75) is 45.8 Å². The Morgan fingerprint density at radius 2 is 1.96 bits per heavy atom. The van der Waals surface area contributed by atoms with Crippen LogP contribution in [0.15, 0.2) is 40.9 Å². The maximum Gasteiger partial charge on any atom is 0.171 e. The van der Waals surface area contributed by atoms with Crippen molar-refractivity contribution < 1.29 is 4.74 Å². The standard InChI is InChI=1S/C20H23BrN2OS/c1-12-5-8-18-15(9-12)17(11-20(3,4)24-18)23-19(25)22-14-6-7-16(21)13(2)10-14/h5-10,17H,11H2,1-4H3,(H2,22,23,25)/t17-/m1/s1. The topological polar surface area (TPSA) is 33.3 Å². The number of anilines is 1. The van der Waals surface area contributed by atoms with E-state index < -0.39 is 0 Å². The molecular formula is C20H23BrN2OS. The van der Waals surface area contributed by atoms with Gasteiger partial charge in [0.15, 0.2) is 5.11 Å². The number of ether oxygens (including phenoxy) is 1. The molecule has 1 heterocycles. The average molecular weight is 419 g/mol. The molecule has 1 atom stereocenters. The number of aryl methyl sites for hydroxylation is 2. The van der Waals surface area contributed by atoms with Gasteiger partial charge in [-0.25, -0.2) is 0 Å². The summed E-state index contributed by atoms with van der Waals surface area (Å²) in [5, 5.41) is 7.38. The Balaban J connectivity index is 1.78. The third-order valence-corrected chi connectivity index (χ3v) is 5.45. The molecule has 2 aromatic carbocycles. The second kappa shape index (κ2) is 6.96. The summed E-state index contributed by atoms with van der Waals surface area (Å²) in [5.41, 5.74) is 4.30. The Morgan fingerprint density at radius 1 is 1.20 bits per heavy atom. The van der Waals surface area contributed by atoms with Crippen LogP contribution in [0, 0.1) is 13.8 Å². The maximum atomic E-state index is 6.12. The largest absolute Gasteiger partial charge is 0.487 e. The molecule has 132 valence electrons. The lowest BCUT2D eigenvalue weighted by atomic mass is 9.89. The first kappa shape index (κ1) is 18.2. The third-order valence-electron chi connectivity index (χ3n) is 4.34. The monoisotopic (exact) mass is 418 g/mol. The van der Waals surface area contributed by atoms with E-state index >= 15 is 0 Å². The molecular weight excluding hydrogens is 396 g/mol. The molecule has 1 aliphatic heterocycles. The number of benzene rings is 2. The van der Waals surface area contributed by atoms with Crippen molar-refractivity contribution in [1.29, 1.82) is 0 Å². The molecule has 2 N–H and O–H groups in total. The Bertz CT molecular complexity index is 819. The fourth-order valence-corrected chi connectivity index (χ4v) is 3.66. The molecule has 25 heavy (non-hydrogen) atoms. The van der Waals surface area contributed by atoms with Crippen molar-refractivity contribution in [2.24, 2.45) is 0 Å². The zero-order valence-corrected chi connectivity index (χ0v) is 17.3. The summed E-state index contributed by atoms with van der Waals surface area (Å²) in [6.07, 6.45) is 0.852. The van der Waals surface area contributed by atoms with E-state index in [9.17, 15) is 0 Å². The molecule has 0 amide bonds. The second-order valence-corrected chi connectivity index (χ2v) is 8.48. The van der Waals surface area contributed by atoms with Crippen molar-refractivity contribution in [3.8, 4) is 5.75 Å². The van der Waals surface area contributed by atoms with Gasteiger partial charge in [0.2, 0.25) is 0 Å². The van der Waals surface area contributed by atoms with Crippen LogP contribution in [0.25, 0.3) is 0 Å². The smallest absolute Gasteiger partial charge is 0.171 e. The molecule has 3 rings (SSSR count). The van der Waals surface area contributed by atoms with Gasteiger partial charge >= 0.3 is 0 Å². The number of thiocarbonyl (C=S) groups is 1. The normalized spacial score (nSPS) is 18.0. The van der Waals surface area contributed by atoms with Crippen LogP contribution >= 0.6 is 28.1 Å². The van der Waals surface area contributed by atoms with E-state index in [0.29, 0.717) is 5.11 Å². The summed E-state index contributed by atoms with van der Waals surface area (Å²) >= 11 is 9.08. The third kappa shape index (κ3) is 4.33. The van der Waals surface area contributed by atoms with Gasteiger partial charge < -0.3 is 15.4 Å². The van der Waals surface area contributed by atoms with Crippen LogP contribution in [0.2, 0.25) is 0 Å². The van der Waals surface area contributed by atoms with Crippen LogP contribution in [0.5, 0.6) is 5.75 Å². The van der Waals surface area contributed by atoms with Gasteiger partial charge in [0.05, 0.1) is 6.04 Å². The van der Waals surface area contributed by atoms with E-state index in [4.69, 9.17) is 17.0 Å². The summed E-state index contributed by atoms with van der Waals surface area (Å²) in [6, 6.07) is 12.5. The summed E-state index contributed by atoms with van der Waals surface area (Å²) in [7, 11) is 0. The number of nitrogens with one attached hydrogen (secondary N) is 2. The Labute approximate surface area is 163 Å². The van der Waals surface area contributed by atoms with Crippen LogP contribution in [0.3, 0.4) is 0 Å². The van der Waals surface area contributed by atoms with Gasteiger partial charge in [-0.3, -0.25) is 0 Å². The summed E-state index contributed by atoms with van der Waals surface area (Å²) < 4.78 is 7.21. The number of halogens is 1. The van der Waals surface area contributed by atoms with E-state index in [-0.39, 0.29) is 11.6 Å².